The first-order valence-electron chi connectivity index (χ1n) is 5.82. The van der Waals surface area contributed by atoms with Crippen LogP contribution in [0.3, 0.4) is 0 Å². The molecule has 1 N–H and O–H groups in total. The summed E-state index contributed by atoms with van der Waals surface area (Å²) >= 11 is 0. The summed E-state index contributed by atoms with van der Waals surface area (Å²) in [5.41, 5.74) is 0. The number of esters is 1. The minimum atomic E-state index is -1.77. The molecule has 0 aromatic heterocycles. The van der Waals surface area contributed by atoms with Gasteiger partial charge in [-0.1, -0.05) is 13.8 Å². The van der Waals surface area contributed by atoms with Crippen molar-refractivity contribution < 1.29 is 18.8 Å². The van der Waals surface area contributed by atoms with E-state index in [0.29, 0.717) is 0 Å². The smallest absolute Gasteiger partial charge is 0.396 e. The monoisotopic (exact) mass is 261 g/mol. The second-order valence-electron chi connectivity index (χ2n) is 5.09. The molecule has 0 fully saturated rings. The third-order valence-electron chi connectivity index (χ3n) is 1.82. The Kier molecular flexibility index (Phi) is 6.40. The maximum Gasteiger partial charge on any atom is 0.396 e. The molecule has 0 heterocycles. The molecule has 6 heteroatoms. The summed E-state index contributed by atoms with van der Waals surface area (Å²) in [7, 11) is -1.77. The van der Waals surface area contributed by atoms with Crippen LogP contribution in [0.4, 0.5) is 0 Å². The molecule has 1 unspecified atom stereocenters. The van der Waals surface area contributed by atoms with E-state index in [1.165, 1.54) is 0 Å². The number of carbonyl (C=O) groups excluding carboxylic acids is 2. The lowest BCUT2D eigenvalue weighted by atomic mass is 10.2. The molecule has 0 aliphatic heterocycles. The average Bonchev–Trinajstić information content (AvgIpc) is 2.14. The molecule has 17 heavy (non-hydrogen) atoms. The lowest BCUT2D eigenvalue weighted by Gasteiger charge is -2.29. The van der Waals surface area contributed by atoms with Crippen molar-refractivity contribution in [2.24, 2.45) is 5.92 Å². The second-order valence-corrected chi connectivity index (χ2v) is 9.55. The van der Waals surface area contributed by atoms with Gasteiger partial charge in [-0.25, -0.2) is 4.79 Å². The fourth-order valence-electron chi connectivity index (χ4n) is 1.10. The predicted octanol–water partition coefficient (Wildman–Crippen LogP) is 1.50. The average molecular weight is 261 g/mol. The van der Waals surface area contributed by atoms with Crippen LogP contribution >= 0.6 is 0 Å². The first-order chi connectivity index (χ1) is 7.67. The Morgan fingerprint density at radius 2 is 1.76 bits per heavy atom. The van der Waals surface area contributed by atoms with Gasteiger partial charge in [-0.05, 0) is 32.5 Å². The van der Waals surface area contributed by atoms with Crippen LogP contribution < -0.4 is 5.32 Å². The van der Waals surface area contributed by atoms with Crippen molar-refractivity contribution in [1.82, 2.24) is 5.32 Å². The van der Waals surface area contributed by atoms with Crippen LogP contribution in [0, 0.1) is 5.92 Å². The molecule has 0 radical (unpaired) electrons. The molecule has 0 saturated heterocycles. The van der Waals surface area contributed by atoms with E-state index in [1.807, 2.05) is 33.5 Å². The molecular weight excluding hydrogens is 238 g/mol. The van der Waals surface area contributed by atoms with Gasteiger partial charge in [-0.2, -0.15) is 0 Å². The molecule has 5 nitrogen and oxygen atoms in total. The molecule has 1 amide bonds. The number of rotatable bonds is 5. The number of hydrogen-bond donors (Lipinski definition) is 1. The number of carbonyl (C=O) groups is 2. The van der Waals surface area contributed by atoms with Crippen LogP contribution in [0.2, 0.25) is 19.6 Å². The number of ether oxygens (including phenoxy) is 1. The molecule has 100 valence electrons. The van der Waals surface area contributed by atoms with E-state index in [-0.39, 0.29) is 12.5 Å². The SMILES string of the molecule is CCOC(=O)C(=O)NC(O[Si](C)(C)C)C(C)C. The Labute approximate surface area is 104 Å². The second kappa shape index (κ2) is 6.76. The summed E-state index contributed by atoms with van der Waals surface area (Å²) in [6, 6.07) is 0. The molecule has 0 rings (SSSR count). The first kappa shape index (κ1) is 16.1. The highest BCUT2D eigenvalue weighted by Crippen LogP contribution is 2.12. The van der Waals surface area contributed by atoms with E-state index in [0.717, 1.165) is 0 Å². The molecule has 0 bridgehead atoms. The summed E-state index contributed by atoms with van der Waals surface area (Å²) in [5, 5.41) is 2.56. The van der Waals surface area contributed by atoms with E-state index >= 15 is 0 Å². The van der Waals surface area contributed by atoms with Crippen LogP contribution in [0.25, 0.3) is 0 Å². The minimum Gasteiger partial charge on any atom is -0.459 e. The topological polar surface area (TPSA) is 64.6 Å². The number of hydrogen-bond acceptors (Lipinski definition) is 4. The largest absolute Gasteiger partial charge is 0.459 e. The zero-order valence-electron chi connectivity index (χ0n) is 11.5. The van der Waals surface area contributed by atoms with Crippen LogP contribution in [0.15, 0.2) is 0 Å². The Balaban J connectivity index is 4.45. The lowest BCUT2D eigenvalue weighted by molar-refractivity contribution is -0.156. The Morgan fingerprint density at radius 3 is 2.12 bits per heavy atom. The third-order valence-corrected chi connectivity index (χ3v) is 2.78. The summed E-state index contributed by atoms with van der Waals surface area (Å²) in [5.74, 6) is -1.51. The van der Waals surface area contributed by atoms with Gasteiger partial charge < -0.3 is 14.5 Å². The van der Waals surface area contributed by atoms with E-state index in [2.05, 4.69) is 10.1 Å². The quantitative estimate of drug-likeness (QED) is 0.352. The van der Waals surface area contributed by atoms with Gasteiger partial charge in [0.25, 0.3) is 0 Å². The highest BCUT2D eigenvalue weighted by molar-refractivity contribution is 6.69. The van der Waals surface area contributed by atoms with Crippen molar-refractivity contribution >= 4 is 20.2 Å². The van der Waals surface area contributed by atoms with E-state index < -0.39 is 26.4 Å². The summed E-state index contributed by atoms with van der Waals surface area (Å²) in [4.78, 5) is 22.7. The van der Waals surface area contributed by atoms with Crippen molar-refractivity contribution in [3.8, 4) is 0 Å². The van der Waals surface area contributed by atoms with Gasteiger partial charge in [0.15, 0.2) is 8.32 Å². The number of amides is 1. The number of nitrogens with one attached hydrogen (secondary N) is 1. The maximum atomic E-state index is 11.5. The van der Waals surface area contributed by atoms with Crippen molar-refractivity contribution in [1.29, 1.82) is 0 Å². The third kappa shape index (κ3) is 7.12. The Morgan fingerprint density at radius 1 is 1.24 bits per heavy atom. The molecule has 1 atom stereocenters. The van der Waals surface area contributed by atoms with E-state index in [4.69, 9.17) is 4.43 Å². The van der Waals surface area contributed by atoms with Gasteiger partial charge in [-0.3, -0.25) is 4.79 Å². The molecule has 0 spiro atoms. The molecule has 0 aliphatic carbocycles. The molecule has 0 aliphatic rings. The highest BCUT2D eigenvalue weighted by Gasteiger charge is 2.27. The van der Waals surface area contributed by atoms with E-state index in [9.17, 15) is 9.59 Å². The highest BCUT2D eigenvalue weighted by atomic mass is 28.4. The fourth-order valence-corrected chi connectivity index (χ4v) is 2.19. The Bertz CT molecular complexity index is 273. The zero-order valence-corrected chi connectivity index (χ0v) is 12.5. The first-order valence-corrected chi connectivity index (χ1v) is 9.23. The van der Waals surface area contributed by atoms with E-state index in [1.54, 1.807) is 6.92 Å². The van der Waals surface area contributed by atoms with Gasteiger partial charge in [0.2, 0.25) is 0 Å². The zero-order chi connectivity index (χ0) is 13.6. The normalized spacial score (nSPS) is 13.4. The van der Waals surface area contributed by atoms with Crippen LogP contribution in [0.5, 0.6) is 0 Å². The minimum absolute atomic E-state index is 0.0973. The standard InChI is InChI=1S/C11H23NO4Si/c1-7-15-11(14)9(13)12-10(8(2)3)16-17(4,5)6/h8,10H,7H2,1-6H3,(H,12,13). The van der Waals surface area contributed by atoms with Gasteiger partial charge in [0.1, 0.15) is 6.23 Å². The van der Waals surface area contributed by atoms with Crippen LogP contribution in [-0.4, -0.2) is 33.0 Å². The maximum absolute atomic E-state index is 11.5. The molecule has 0 aromatic carbocycles. The van der Waals surface area contributed by atoms with Gasteiger partial charge in [-0.15, -0.1) is 0 Å². The fraction of sp³-hybridized carbons (Fsp3) is 0.818. The molecular formula is C11H23NO4Si. The molecule has 0 aromatic rings. The molecule has 0 saturated carbocycles. The van der Waals surface area contributed by atoms with Gasteiger partial charge in [0.05, 0.1) is 6.61 Å². The predicted molar refractivity (Wildman–Crippen MR) is 67.8 cm³/mol. The van der Waals surface area contributed by atoms with Crippen molar-refractivity contribution in [2.75, 3.05) is 6.61 Å². The summed E-state index contributed by atoms with van der Waals surface area (Å²) in [6.07, 6.45) is -0.446. The van der Waals surface area contributed by atoms with Crippen molar-refractivity contribution in [3.63, 3.8) is 0 Å². The lowest BCUT2D eigenvalue weighted by Crippen LogP contribution is -2.48. The van der Waals surface area contributed by atoms with Crippen molar-refractivity contribution in [2.45, 2.75) is 46.6 Å². The van der Waals surface area contributed by atoms with Crippen LogP contribution in [0.1, 0.15) is 20.8 Å². The Hall–Kier alpha value is -0.883. The van der Waals surface area contributed by atoms with Crippen molar-refractivity contribution in [3.05, 3.63) is 0 Å². The van der Waals surface area contributed by atoms with Gasteiger partial charge >= 0.3 is 11.9 Å². The van der Waals surface area contributed by atoms with Gasteiger partial charge in [0, 0.05) is 0 Å². The van der Waals surface area contributed by atoms with Crippen LogP contribution in [-0.2, 0) is 18.8 Å². The summed E-state index contributed by atoms with van der Waals surface area (Å²) in [6.45, 7) is 11.8. The summed E-state index contributed by atoms with van der Waals surface area (Å²) < 4.78 is 10.4.